The van der Waals surface area contributed by atoms with Gasteiger partial charge in [0.05, 0.1) is 18.8 Å². The third-order valence-electron chi connectivity index (χ3n) is 6.41. The molecule has 0 aliphatic carbocycles. The summed E-state index contributed by atoms with van der Waals surface area (Å²) in [5.41, 5.74) is 4.43. The van der Waals surface area contributed by atoms with E-state index in [0.717, 1.165) is 29.7 Å². The molecule has 2 aliphatic rings. The van der Waals surface area contributed by atoms with Crippen LogP contribution in [0.4, 0.5) is 5.82 Å². The zero-order chi connectivity index (χ0) is 22.9. The molecule has 4 heterocycles. The zero-order valence-corrected chi connectivity index (χ0v) is 18.9. The summed E-state index contributed by atoms with van der Waals surface area (Å²) in [6.45, 7) is 5.10. The van der Waals surface area contributed by atoms with Crippen LogP contribution in [-0.2, 0) is 17.8 Å². The predicted octanol–water partition coefficient (Wildman–Crippen LogP) is 3.34. The topological polar surface area (TPSA) is 92.2 Å². The van der Waals surface area contributed by atoms with Gasteiger partial charge in [-0.25, -0.2) is 15.0 Å². The molecule has 1 saturated heterocycles. The lowest BCUT2D eigenvalue weighted by Gasteiger charge is -2.31. The van der Waals surface area contributed by atoms with E-state index in [2.05, 4.69) is 22.1 Å². The Morgan fingerprint density at radius 1 is 1.09 bits per heavy atom. The Hall–Kier alpha value is -3.68. The molecular formula is C25H26N6O2. The molecule has 1 unspecified atom stereocenters. The minimum atomic E-state index is -0.248. The van der Waals surface area contributed by atoms with Gasteiger partial charge < -0.3 is 4.90 Å². The SMILES string of the molecule is Cc1ccc(CN2C(=O)CCc3c(C)nc(C4CCCN4C(=O)c4cnccn4)nc32)cc1. The Kier molecular flexibility index (Phi) is 5.58. The van der Waals surface area contributed by atoms with Crippen LogP contribution in [0.15, 0.2) is 42.9 Å². The molecule has 0 N–H and O–H groups in total. The summed E-state index contributed by atoms with van der Waals surface area (Å²) in [6, 6.07) is 7.95. The van der Waals surface area contributed by atoms with E-state index in [4.69, 9.17) is 9.97 Å². The highest BCUT2D eigenvalue weighted by molar-refractivity contribution is 5.95. The highest BCUT2D eigenvalue weighted by atomic mass is 16.2. The molecule has 8 heteroatoms. The Bertz CT molecular complexity index is 1200. The third kappa shape index (κ3) is 4.08. The van der Waals surface area contributed by atoms with Gasteiger partial charge in [-0.05, 0) is 38.7 Å². The van der Waals surface area contributed by atoms with Crippen LogP contribution in [0.5, 0.6) is 0 Å². The monoisotopic (exact) mass is 442 g/mol. The minimum absolute atomic E-state index is 0.0611. The molecule has 8 nitrogen and oxygen atoms in total. The maximum atomic E-state index is 13.1. The first-order valence-electron chi connectivity index (χ1n) is 11.3. The highest BCUT2D eigenvalue weighted by Crippen LogP contribution is 2.35. The van der Waals surface area contributed by atoms with E-state index in [1.807, 2.05) is 26.0 Å². The van der Waals surface area contributed by atoms with Crippen molar-refractivity contribution in [2.24, 2.45) is 0 Å². The van der Waals surface area contributed by atoms with Crippen molar-refractivity contribution >= 4 is 17.6 Å². The van der Waals surface area contributed by atoms with Crippen LogP contribution >= 0.6 is 0 Å². The molecule has 1 aromatic carbocycles. The number of aromatic nitrogens is 4. The largest absolute Gasteiger partial charge is 0.327 e. The lowest BCUT2D eigenvalue weighted by molar-refractivity contribution is -0.119. The van der Waals surface area contributed by atoms with Gasteiger partial charge in [0, 0.05) is 36.6 Å². The molecule has 0 radical (unpaired) electrons. The van der Waals surface area contributed by atoms with E-state index >= 15 is 0 Å². The maximum absolute atomic E-state index is 13.1. The van der Waals surface area contributed by atoms with Crippen LogP contribution in [0, 0.1) is 13.8 Å². The summed E-state index contributed by atoms with van der Waals surface area (Å²) in [6.07, 6.45) is 7.28. The van der Waals surface area contributed by atoms with Crippen molar-refractivity contribution in [2.75, 3.05) is 11.4 Å². The molecule has 5 rings (SSSR count). The summed E-state index contributed by atoms with van der Waals surface area (Å²) in [5.74, 6) is 1.15. The molecule has 3 aromatic rings. The van der Waals surface area contributed by atoms with Crippen LogP contribution in [0.25, 0.3) is 0 Å². The van der Waals surface area contributed by atoms with E-state index < -0.39 is 0 Å². The standard InChI is InChI=1S/C25H26N6O2/c1-16-5-7-18(8-6-16)15-31-22(32)10-9-19-17(2)28-23(29-24(19)31)21-4-3-13-30(21)25(33)20-14-26-11-12-27-20/h5-8,11-12,14,21H,3-4,9-10,13,15H2,1-2H3. The van der Waals surface area contributed by atoms with Crippen LogP contribution < -0.4 is 4.90 Å². The Morgan fingerprint density at radius 3 is 2.67 bits per heavy atom. The van der Waals surface area contributed by atoms with E-state index in [9.17, 15) is 9.59 Å². The molecule has 2 aliphatic heterocycles. The lowest BCUT2D eigenvalue weighted by Crippen LogP contribution is -2.37. The third-order valence-corrected chi connectivity index (χ3v) is 6.41. The average molecular weight is 443 g/mol. The second-order valence-corrected chi connectivity index (χ2v) is 8.68. The molecule has 1 atom stereocenters. The van der Waals surface area contributed by atoms with E-state index in [1.54, 1.807) is 16.0 Å². The Balaban J connectivity index is 1.49. The number of carbonyl (C=O) groups is 2. The number of hydrogen-bond donors (Lipinski definition) is 0. The first kappa shape index (κ1) is 21.2. The summed E-state index contributed by atoms with van der Waals surface area (Å²) < 4.78 is 0. The van der Waals surface area contributed by atoms with Gasteiger partial charge in [-0.3, -0.25) is 19.5 Å². The Labute approximate surface area is 192 Å². The number of anilines is 1. The van der Waals surface area contributed by atoms with Gasteiger partial charge in [-0.1, -0.05) is 29.8 Å². The van der Waals surface area contributed by atoms with Crippen molar-refractivity contribution < 1.29 is 9.59 Å². The quantitative estimate of drug-likeness (QED) is 0.615. The fourth-order valence-corrected chi connectivity index (χ4v) is 4.63. The number of carbonyl (C=O) groups excluding carboxylic acids is 2. The van der Waals surface area contributed by atoms with Crippen LogP contribution in [0.1, 0.15) is 64.0 Å². The molecule has 168 valence electrons. The Morgan fingerprint density at radius 2 is 1.91 bits per heavy atom. The second kappa shape index (κ2) is 8.69. The molecule has 0 bridgehead atoms. The van der Waals surface area contributed by atoms with Gasteiger partial charge in [0.2, 0.25) is 5.91 Å². The van der Waals surface area contributed by atoms with Crippen LogP contribution in [-0.4, -0.2) is 43.2 Å². The molecule has 1 fully saturated rings. The number of benzene rings is 1. The number of fused-ring (bicyclic) bond motifs is 1. The van der Waals surface area contributed by atoms with Gasteiger partial charge in [0.1, 0.15) is 11.5 Å². The minimum Gasteiger partial charge on any atom is -0.327 e. The predicted molar refractivity (Wildman–Crippen MR) is 123 cm³/mol. The summed E-state index contributed by atoms with van der Waals surface area (Å²) in [4.78, 5) is 47.4. The maximum Gasteiger partial charge on any atom is 0.274 e. The van der Waals surface area contributed by atoms with Gasteiger partial charge in [-0.2, -0.15) is 0 Å². The highest BCUT2D eigenvalue weighted by Gasteiger charge is 2.36. The van der Waals surface area contributed by atoms with Gasteiger partial charge in [0.25, 0.3) is 5.91 Å². The van der Waals surface area contributed by atoms with Crippen molar-refractivity contribution in [3.05, 3.63) is 76.8 Å². The smallest absolute Gasteiger partial charge is 0.274 e. The van der Waals surface area contributed by atoms with Crippen molar-refractivity contribution in [3.8, 4) is 0 Å². The van der Waals surface area contributed by atoms with Crippen molar-refractivity contribution in [2.45, 2.75) is 52.1 Å². The van der Waals surface area contributed by atoms with Crippen LogP contribution in [0.2, 0.25) is 0 Å². The van der Waals surface area contributed by atoms with E-state index in [-0.39, 0.29) is 17.9 Å². The number of aryl methyl sites for hydroxylation is 2. The van der Waals surface area contributed by atoms with Crippen molar-refractivity contribution in [3.63, 3.8) is 0 Å². The van der Waals surface area contributed by atoms with Gasteiger partial charge in [0.15, 0.2) is 5.82 Å². The average Bonchev–Trinajstić information content (AvgIpc) is 3.32. The second-order valence-electron chi connectivity index (χ2n) is 8.68. The summed E-state index contributed by atoms with van der Waals surface area (Å²) in [7, 11) is 0. The van der Waals surface area contributed by atoms with Crippen LogP contribution in [0.3, 0.4) is 0 Å². The first-order chi connectivity index (χ1) is 16.0. The zero-order valence-electron chi connectivity index (χ0n) is 18.9. The number of amides is 2. The van der Waals surface area contributed by atoms with Crippen molar-refractivity contribution in [1.82, 2.24) is 24.8 Å². The van der Waals surface area contributed by atoms with E-state index in [0.29, 0.717) is 43.3 Å². The summed E-state index contributed by atoms with van der Waals surface area (Å²) in [5, 5.41) is 0. The van der Waals surface area contributed by atoms with E-state index in [1.165, 1.54) is 18.0 Å². The number of likely N-dealkylation sites (tertiary alicyclic amines) is 1. The number of rotatable bonds is 4. The molecule has 0 spiro atoms. The lowest BCUT2D eigenvalue weighted by atomic mass is 10.0. The first-order valence-corrected chi connectivity index (χ1v) is 11.3. The van der Waals surface area contributed by atoms with Crippen molar-refractivity contribution in [1.29, 1.82) is 0 Å². The molecular weight excluding hydrogens is 416 g/mol. The fraction of sp³-hybridized carbons (Fsp3) is 0.360. The molecule has 2 aromatic heterocycles. The van der Waals surface area contributed by atoms with Gasteiger partial charge >= 0.3 is 0 Å². The molecule has 0 saturated carbocycles. The van der Waals surface area contributed by atoms with Gasteiger partial charge in [-0.15, -0.1) is 0 Å². The normalized spacial score (nSPS) is 17.9. The number of nitrogens with zero attached hydrogens (tertiary/aromatic N) is 6. The fourth-order valence-electron chi connectivity index (χ4n) is 4.63. The summed E-state index contributed by atoms with van der Waals surface area (Å²) >= 11 is 0. The number of hydrogen-bond acceptors (Lipinski definition) is 6. The molecule has 33 heavy (non-hydrogen) atoms. The molecule has 2 amide bonds.